The van der Waals surface area contributed by atoms with E-state index in [1.807, 2.05) is 13.1 Å². The molecule has 2 rings (SSSR count). The van der Waals surface area contributed by atoms with Crippen molar-refractivity contribution in [1.82, 2.24) is 10.3 Å². The first kappa shape index (κ1) is 11.0. The van der Waals surface area contributed by atoms with Crippen molar-refractivity contribution < 1.29 is 9.53 Å². The molecule has 1 aliphatic rings. The molecular weight excluding hydrogens is 206 g/mol. The Hall–Kier alpha value is -1.46. The standard InChI is InChI=1S/C11H15N3O2/c1-12-10-7-16-6-9(10)11(15)14-8-3-2-4-13-5-8/h2-5,9-10,12H,6-7H2,1H3,(H,14,15). The zero-order valence-electron chi connectivity index (χ0n) is 9.14. The van der Waals surface area contributed by atoms with Crippen molar-refractivity contribution in [3.05, 3.63) is 24.5 Å². The molecule has 2 N–H and O–H groups in total. The van der Waals surface area contributed by atoms with Crippen molar-refractivity contribution in [2.75, 3.05) is 25.6 Å². The molecule has 5 heteroatoms. The first-order valence-corrected chi connectivity index (χ1v) is 5.27. The van der Waals surface area contributed by atoms with Gasteiger partial charge in [0.1, 0.15) is 0 Å². The summed E-state index contributed by atoms with van der Waals surface area (Å²) < 4.78 is 5.28. The summed E-state index contributed by atoms with van der Waals surface area (Å²) in [6, 6.07) is 3.70. The van der Waals surface area contributed by atoms with Crippen molar-refractivity contribution in [3.63, 3.8) is 0 Å². The average molecular weight is 221 g/mol. The van der Waals surface area contributed by atoms with Crippen molar-refractivity contribution in [2.24, 2.45) is 5.92 Å². The number of nitrogens with one attached hydrogen (secondary N) is 2. The van der Waals surface area contributed by atoms with Crippen molar-refractivity contribution in [3.8, 4) is 0 Å². The number of anilines is 1. The van der Waals surface area contributed by atoms with Gasteiger partial charge in [-0.2, -0.15) is 0 Å². The van der Waals surface area contributed by atoms with Gasteiger partial charge in [0, 0.05) is 12.2 Å². The molecular formula is C11H15N3O2. The summed E-state index contributed by atoms with van der Waals surface area (Å²) in [5.41, 5.74) is 0.717. The predicted octanol–water partition coefficient (Wildman–Crippen LogP) is 0.254. The van der Waals surface area contributed by atoms with E-state index in [0.717, 1.165) is 0 Å². The van der Waals surface area contributed by atoms with Crippen LogP contribution in [0.3, 0.4) is 0 Å². The Labute approximate surface area is 94.2 Å². The number of carbonyl (C=O) groups excluding carboxylic acids is 1. The maximum atomic E-state index is 11.9. The average Bonchev–Trinajstić information content (AvgIpc) is 2.78. The molecule has 0 bridgehead atoms. The molecule has 0 aromatic carbocycles. The van der Waals surface area contributed by atoms with E-state index in [2.05, 4.69) is 15.6 Å². The van der Waals surface area contributed by atoms with Crippen LogP contribution in [0.25, 0.3) is 0 Å². The third kappa shape index (κ3) is 2.37. The van der Waals surface area contributed by atoms with Crippen LogP contribution in [-0.4, -0.2) is 37.2 Å². The molecule has 1 saturated heterocycles. The van der Waals surface area contributed by atoms with E-state index in [1.165, 1.54) is 0 Å². The normalized spacial score (nSPS) is 24.3. The largest absolute Gasteiger partial charge is 0.379 e. The van der Waals surface area contributed by atoms with E-state index in [-0.39, 0.29) is 17.9 Å². The number of hydrogen-bond donors (Lipinski definition) is 2. The highest BCUT2D eigenvalue weighted by Gasteiger charge is 2.32. The molecule has 0 spiro atoms. The van der Waals surface area contributed by atoms with E-state index in [4.69, 9.17) is 4.74 Å². The number of rotatable bonds is 3. The zero-order valence-corrected chi connectivity index (χ0v) is 9.14. The molecule has 2 atom stereocenters. The third-order valence-corrected chi connectivity index (χ3v) is 2.72. The second kappa shape index (κ2) is 5.05. The molecule has 16 heavy (non-hydrogen) atoms. The van der Waals surface area contributed by atoms with Crippen LogP contribution in [-0.2, 0) is 9.53 Å². The number of ether oxygens (including phenoxy) is 1. The Bertz CT molecular complexity index is 356. The Kier molecular flexibility index (Phi) is 3.48. The number of aromatic nitrogens is 1. The number of amides is 1. The van der Waals surface area contributed by atoms with E-state index >= 15 is 0 Å². The first-order chi connectivity index (χ1) is 7.81. The minimum absolute atomic E-state index is 0.0233. The lowest BCUT2D eigenvalue weighted by Gasteiger charge is -2.16. The van der Waals surface area contributed by atoms with Gasteiger partial charge < -0.3 is 15.4 Å². The second-order valence-corrected chi connectivity index (χ2v) is 3.77. The van der Waals surface area contributed by atoms with Crippen LogP contribution >= 0.6 is 0 Å². The Morgan fingerprint density at radius 1 is 1.56 bits per heavy atom. The quantitative estimate of drug-likeness (QED) is 0.768. The van der Waals surface area contributed by atoms with Crippen LogP contribution in [0.5, 0.6) is 0 Å². The molecule has 0 radical (unpaired) electrons. The van der Waals surface area contributed by atoms with Gasteiger partial charge in [0.15, 0.2) is 0 Å². The fraction of sp³-hybridized carbons (Fsp3) is 0.455. The van der Waals surface area contributed by atoms with Gasteiger partial charge in [0.25, 0.3) is 0 Å². The van der Waals surface area contributed by atoms with Crippen molar-refractivity contribution in [1.29, 1.82) is 0 Å². The first-order valence-electron chi connectivity index (χ1n) is 5.27. The van der Waals surface area contributed by atoms with Gasteiger partial charge in [0.2, 0.25) is 5.91 Å². The molecule has 5 nitrogen and oxygen atoms in total. The molecule has 1 aromatic rings. The van der Waals surface area contributed by atoms with Gasteiger partial charge in [-0.05, 0) is 19.2 Å². The van der Waals surface area contributed by atoms with Gasteiger partial charge in [-0.25, -0.2) is 0 Å². The van der Waals surface area contributed by atoms with Crippen molar-refractivity contribution in [2.45, 2.75) is 6.04 Å². The lowest BCUT2D eigenvalue weighted by atomic mass is 10.0. The highest BCUT2D eigenvalue weighted by Crippen LogP contribution is 2.15. The molecule has 1 aliphatic heterocycles. The van der Waals surface area contributed by atoms with Crippen LogP contribution in [0, 0.1) is 5.92 Å². The SMILES string of the molecule is CNC1COCC1C(=O)Nc1cccnc1. The number of hydrogen-bond acceptors (Lipinski definition) is 4. The molecule has 0 saturated carbocycles. The van der Waals surface area contributed by atoms with Gasteiger partial charge in [-0.15, -0.1) is 0 Å². The Balaban J connectivity index is 1.98. The van der Waals surface area contributed by atoms with E-state index < -0.39 is 0 Å². The van der Waals surface area contributed by atoms with E-state index in [1.54, 1.807) is 18.5 Å². The summed E-state index contributed by atoms with van der Waals surface area (Å²) in [5.74, 6) is -0.157. The van der Waals surface area contributed by atoms with Crippen LogP contribution in [0.2, 0.25) is 0 Å². The lowest BCUT2D eigenvalue weighted by Crippen LogP contribution is -2.39. The van der Waals surface area contributed by atoms with Gasteiger partial charge in [0.05, 0.1) is 31.0 Å². The predicted molar refractivity (Wildman–Crippen MR) is 60.0 cm³/mol. The van der Waals surface area contributed by atoms with Gasteiger partial charge in [-0.1, -0.05) is 0 Å². The zero-order chi connectivity index (χ0) is 11.4. The summed E-state index contributed by atoms with van der Waals surface area (Å²) in [7, 11) is 1.84. The fourth-order valence-electron chi connectivity index (χ4n) is 1.77. The fourth-order valence-corrected chi connectivity index (χ4v) is 1.77. The molecule has 86 valence electrons. The summed E-state index contributed by atoms with van der Waals surface area (Å²) in [6.07, 6.45) is 3.30. The lowest BCUT2D eigenvalue weighted by molar-refractivity contribution is -0.120. The summed E-state index contributed by atoms with van der Waals surface area (Å²) in [6.45, 7) is 1.05. The monoisotopic (exact) mass is 221 g/mol. The number of nitrogens with zero attached hydrogens (tertiary/aromatic N) is 1. The molecule has 1 amide bonds. The second-order valence-electron chi connectivity index (χ2n) is 3.77. The Morgan fingerprint density at radius 3 is 3.12 bits per heavy atom. The summed E-state index contributed by atoms with van der Waals surface area (Å²) in [5, 5.41) is 5.91. The van der Waals surface area contributed by atoms with E-state index in [9.17, 15) is 4.79 Å². The van der Waals surface area contributed by atoms with Crippen LogP contribution < -0.4 is 10.6 Å². The number of likely N-dealkylation sites (N-methyl/N-ethyl adjacent to an activating group) is 1. The van der Waals surface area contributed by atoms with Crippen LogP contribution in [0.15, 0.2) is 24.5 Å². The summed E-state index contributed by atoms with van der Waals surface area (Å²) >= 11 is 0. The maximum absolute atomic E-state index is 11.9. The minimum atomic E-state index is -0.134. The van der Waals surface area contributed by atoms with E-state index in [0.29, 0.717) is 18.9 Å². The number of carbonyl (C=O) groups is 1. The van der Waals surface area contributed by atoms with Gasteiger partial charge in [-0.3, -0.25) is 9.78 Å². The van der Waals surface area contributed by atoms with Crippen LogP contribution in [0.1, 0.15) is 0 Å². The Morgan fingerprint density at radius 2 is 2.44 bits per heavy atom. The highest BCUT2D eigenvalue weighted by molar-refractivity contribution is 5.93. The molecule has 2 unspecified atom stereocenters. The third-order valence-electron chi connectivity index (χ3n) is 2.72. The molecule has 1 fully saturated rings. The smallest absolute Gasteiger partial charge is 0.231 e. The molecule has 2 heterocycles. The molecule has 1 aromatic heterocycles. The van der Waals surface area contributed by atoms with Crippen molar-refractivity contribution >= 4 is 11.6 Å². The maximum Gasteiger partial charge on any atom is 0.231 e. The molecule has 0 aliphatic carbocycles. The van der Waals surface area contributed by atoms with Crippen LogP contribution in [0.4, 0.5) is 5.69 Å². The minimum Gasteiger partial charge on any atom is -0.379 e. The van der Waals surface area contributed by atoms with Gasteiger partial charge >= 0.3 is 0 Å². The summed E-state index contributed by atoms with van der Waals surface area (Å²) in [4.78, 5) is 15.9. The highest BCUT2D eigenvalue weighted by atomic mass is 16.5. The topological polar surface area (TPSA) is 63.2 Å². The number of pyridine rings is 1.